The molecule has 1 aliphatic carbocycles. The first-order valence-corrected chi connectivity index (χ1v) is 10.2. The van der Waals surface area contributed by atoms with Gasteiger partial charge in [-0.15, -0.1) is 0 Å². The Morgan fingerprint density at radius 3 is 2.48 bits per heavy atom. The van der Waals surface area contributed by atoms with Crippen LogP contribution in [0.1, 0.15) is 52.9 Å². The first-order chi connectivity index (χ1) is 13.7. The summed E-state index contributed by atoms with van der Waals surface area (Å²) in [5, 5.41) is 5.37. The first-order valence-electron chi connectivity index (χ1n) is 10.2. The van der Waals surface area contributed by atoms with Crippen molar-refractivity contribution in [2.45, 2.75) is 58.8 Å². The van der Waals surface area contributed by atoms with E-state index in [0.29, 0.717) is 18.7 Å². The fourth-order valence-corrected chi connectivity index (χ4v) is 3.53. The van der Waals surface area contributed by atoms with Crippen molar-refractivity contribution in [1.29, 1.82) is 0 Å². The molecule has 0 saturated heterocycles. The largest absolute Gasteiger partial charge is 0.353 e. The molecule has 1 N–H and O–H groups in total. The Hall–Kier alpha value is -2.43. The Labute approximate surface area is 173 Å². The minimum absolute atomic E-state index is 0.0557. The van der Waals surface area contributed by atoms with Crippen LogP contribution < -0.4 is 15.8 Å². The second kappa shape index (κ2) is 9.86. The number of rotatable bonds is 7. The van der Waals surface area contributed by atoms with Gasteiger partial charge in [0.2, 0.25) is 5.92 Å². The Bertz CT molecular complexity index is 889. The first kappa shape index (κ1) is 22.9. The molecule has 0 bridgehead atoms. The van der Waals surface area contributed by atoms with Crippen LogP contribution in [0.4, 0.5) is 14.6 Å². The summed E-state index contributed by atoms with van der Waals surface area (Å²) < 4.78 is 26.8. The normalized spacial score (nSPS) is 18.6. The zero-order chi connectivity index (χ0) is 21.6. The van der Waals surface area contributed by atoms with Crippen molar-refractivity contribution >= 4 is 18.0 Å². The van der Waals surface area contributed by atoms with Crippen LogP contribution in [0.2, 0.25) is 0 Å². The number of alkyl halides is 2. The smallest absolute Gasteiger partial charge is 0.248 e. The molecular formula is C24H33F2N3. The third-order valence-corrected chi connectivity index (χ3v) is 5.65. The van der Waals surface area contributed by atoms with E-state index < -0.39 is 5.92 Å². The SMILES string of the molecule is C=C(Nc1cc(=C/C/C(=C/C)N(C)C(=C)C)/c(=C\C)cn1)C1CCC(F)(F)CC1. The predicted octanol–water partition coefficient (Wildman–Crippen LogP) is 5.17. The van der Waals surface area contributed by atoms with Gasteiger partial charge < -0.3 is 10.2 Å². The molecule has 1 heterocycles. The molecule has 1 aliphatic rings. The average molecular weight is 402 g/mol. The van der Waals surface area contributed by atoms with Gasteiger partial charge in [0.15, 0.2) is 0 Å². The minimum Gasteiger partial charge on any atom is -0.353 e. The molecule has 0 aromatic carbocycles. The number of hydrogen-bond donors (Lipinski definition) is 1. The van der Waals surface area contributed by atoms with Gasteiger partial charge in [0, 0.05) is 49.6 Å². The second-order valence-electron chi connectivity index (χ2n) is 7.75. The maximum atomic E-state index is 13.4. The molecule has 0 unspecified atom stereocenters. The van der Waals surface area contributed by atoms with Gasteiger partial charge in [-0.05, 0) is 56.0 Å². The summed E-state index contributed by atoms with van der Waals surface area (Å²) in [5.74, 6) is -1.78. The number of halogens is 2. The van der Waals surface area contributed by atoms with Crippen molar-refractivity contribution in [1.82, 2.24) is 9.88 Å². The van der Waals surface area contributed by atoms with E-state index in [9.17, 15) is 8.78 Å². The minimum atomic E-state index is -2.53. The second-order valence-corrected chi connectivity index (χ2v) is 7.75. The van der Waals surface area contributed by atoms with Gasteiger partial charge in [-0.25, -0.2) is 13.8 Å². The fourth-order valence-electron chi connectivity index (χ4n) is 3.53. The van der Waals surface area contributed by atoms with E-state index in [2.05, 4.69) is 40.5 Å². The van der Waals surface area contributed by atoms with Gasteiger partial charge >= 0.3 is 0 Å². The summed E-state index contributed by atoms with van der Waals surface area (Å²) in [7, 11) is 2.01. The Morgan fingerprint density at radius 1 is 1.28 bits per heavy atom. The number of aromatic nitrogens is 1. The maximum Gasteiger partial charge on any atom is 0.248 e. The molecule has 0 aliphatic heterocycles. The van der Waals surface area contributed by atoms with Crippen molar-refractivity contribution in [3.8, 4) is 0 Å². The zero-order valence-electron chi connectivity index (χ0n) is 18.1. The topological polar surface area (TPSA) is 28.2 Å². The van der Waals surface area contributed by atoms with E-state index in [1.54, 1.807) is 0 Å². The van der Waals surface area contributed by atoms with Crippen molar-refractivity contribution in [3.05, 3.63) is 59.0 Å². The van der Waals surface area contributed by atoms with Gasteiger partial charge in [-0.1, -0.05) is 31.4 Å². The number of pyridine rings is 1. The van der Waals surface area contributed by atoms with Crippen LogP contribution in [0.25, 0.3) is 12.2 Å². The zero-order valence-corrected chi connectivity index (χ0v) is 18.1. The van der Waals surface area contributed by atoms with Crippen LogP contribution in [-0.4, -0.2) is 22.9 Å². The summed E-state index contributed by atoms with van der Waals surface area (Å²) >= 11 is 0. The Kier molecular flexibility index (Phi) is 7.77. The lowest BCUT2D eigenvalue weighted by Crippen LogP contribution is -2.28. The molecule has 0 atom stereocenters. The van der Waals surface area contributed by atoms with E-state index in [1.165, 1.54) is 5.70 Å². The molecule has 0 spiro atoms. The fraction of sp³-hybridized carbons (Fsp3) is 0.458. The summed E-state index contributed by atoms with van der Waals surface area (Å²) in [6.07, 6.45) is 9.64. The van der Waals surface area contributed by atoms with E-state index in [0.717, 1.165) is 28.3 Å². The monoisotopic (exact) mass is 401 g/mol. The van der Waals surface area contributed by atoms with Crippen LogP contribution in [0.15, 0.2) is 48.6 Å². The molecule has 1 aromatic heterocycles. The lowest BCUT2D eigenvalue weighted by Gasteiger charge is -2.29. The third-order valence-electron chi connectivity index (χ3n) is 5.65. The molecule has 0 radical (unpaired) electrons. The molecule has 1 aromatic rings. The van der Waals surface area contributed by atoms with Gasteiger partial charge in [-0.2, -0.15) is 0 Å². The molecule has 5 heteroatoms. The summed E-state index contributed by atoms with van der Waals surface area (Å²) in [6.45, 7) is 14.1. The van der Waals surface area contributed by atoms with Gasteiger partial charge in [0.1, 0.15) is 5.82 Å². The van der Waals surface area contributed by atoms with Crippen LogP contribution in [-0.2, 0) is 0 Å². The lowest BCUT2D eigenvalue weighted by atomic mass is 9.85. The number of hydrogen-bond acceptors (Lipinski definition) is 3. The van der Waals surface area contributed by atoms with Crippen molar-refractivity contribution in [2.75, 3.05) is 12.4 Å². The predicted molar refractivity (Wildman–Crippen MR) is 119 cm³/mol. The average Bonchev–Trinajstić information content (AvgIpc) is 2.68. The van der Waals surface area contributed by atoms with Crippen LogP contribution in [0.3, 0.4) is 0 Å². The molecule has 158 valence electrons. The number of nitrogens with one attached hydrogen (secondary N) is 1. The summed E-state index contributed by atoms with van der Waals surface area (Å²) in [6, 6.07) is 1.99. The number of nitrogens with zero attached hydrogens (tertiary/aromatic N) is 2. The van der Waals surface area contributed by atoms with Crippen molar-refractivity contribution in [2.24, 2.45) is 5.92 Å². The Balaban J connectivity index is 2.18. The molecule has 29 heavy (non-hydrogen) atoms. The highest BCUT2D eigenvalue weighted by atomic mass is 19.3. The van der Waals surface area contributed by atoms with E-state index in [1.807, 2.05) is 46.2 Å². The van der Waals surface area contributed by atoms with E-state index in [4.69, 9.17) is 0 Å². The standard InChI is InChI=1S/C24H33F2N3/c1-7-19-16-27-23(28-18(5)20-11-13-24(25,26)14-12-20)15-21(19)9-10-22(8-2)29(6)17(3)4/h7-9,15-16,20,28H,3,5,10-14H2,1-2,4,6H3/b19-7-,21-9-,22-8-. The number of anilines is 1. The van der Waals surface area contributed by atoms with Crippen LogP contribution in [0.5, 0.6) is 0 Å². The van der Waals surface area contributed by atoms with E-state index in [-0.39, 0.29) is 18.8 Å². The van der Waals surface area contributed by atoms with Gasteiger partial charge in [0.05, 0.1) is 0 Å². The van der Waals surface area contributed by atoms with Crippen LogP contribution >= 0.6 is 0 Å². The molecular weight excluding hydrogens is 368 g/mol. The quantitative estimate of drug-likeness (QED) is 0.683. The molecule has 3 nitrogen and oxygen atoms in total. The highest BCUT2D eigenvalue weighted by Gasteiger charge is 2.35. The van der Waals surface area contributed by atoms with Crippen LogP contribution in [0, 0.1) is 5.92 Å². The van der Waals surface area contributed by atoms with Gasteiger partial charge in [-0.3, -0.25) is 0 Å². The Morgan fingerprint density at radius 2 is 1.93 bits per heavy atom. The molecule has 1 fully saturated rings. The van der Waals surface area contributed by atoms with Crippen molar-refractivity contribution < 1.29 is 8.78 Å². The maximum absolute atomic E-state index is 13.4. The van der Waals surface area contributed by atoms with E-state index >= 15 is 0 Å². The van der Waals surface area contributed by atoms with Crippen molar-refractivity contribution in [3.63, 3.8) is 0 Å². The highest BCUT2D eigenvalue weighted by Crippen LogP contribution is 2.38. The summed E-state index contributed by atoms with van der Waals surface area (Å²) in [5.41, 5.74) is 2.92. The molecule has 2 rings (SSSR count). The third kappa shape index (κ3) is 6.28. The highest BCUT2D eigenvalue weighted by molar-refractivity contribution is 5.45. The lowest BCUT2D eigenvalue weighted by molar-refractivity contribution is -0.0419. The molecule has 0 amide bonds. The van der Waals surface area contributed by atoms with Gasteiger partial charge in [0.25, 0.3) is 0 Å². The summed E-state index contributed by atoms with van der Waals surface area (Å²) in [4.78, 5) is 6.55. The molecule has 1 saturated carbocycles. The number of allylic oxidation sites excluding steroid dienone is 4.